The van der Waals surface area contributed by atoms with E-state index in [0.717, 1.165) is 55.5 Å². The number of carboxylic acid groups (broad SMARTS) is 1. The van der Waals surface area contributed by atoms with Gasteiger partial charge in [0.15, 0.2) is 11.6 Å². The highest BCUT2D eigenvalue weighted by atomic mass is 19.2. The van der Waals surface area contributed by atoms with Crippen LogP contribution in [0.5, 0.6) is 0 Å². The molecule has 1 saturated heterocycles. The van der Waals surface area contributed by atoms with Crippen LogP contribution in [0.15, 0.2) is 42.5 Å². The van der Waals surface area contributed by atoms with E-state index in [1.165, 1.54) is 11.0 Å². The smallest absolute Gasteiger partial charge is 0.407 e. The van der Waals surface area contributed by atoms with E-state index in [2.05, 4.69) is 10.6 Å². The van der Waals surface area contributed by atoms with E-state index in [1.54, 1.807) is 0 Å². The van der Waals surface area contributed by atoms with Gasteiger partial charge < -0.3 is 20.6 Å². The molecule has 3 N–H and O–H groups in total. The molecule has 2 amide bonds. The first-order chi connectivity index (χ1) is 15.4. The van der Waals surface area contributed by atoms with Crippen molar-refractivity contribution in [2.24, 2.45) is 0 Å². The molecule has 8 heteroatoms. The number of unbranched alkanes of at least 4 members (excludes halogenated alkanes) is 2. The topological polar surface area (TPSA) is 81.7 Å². The van der Waals surface area contributed by atoms with Crippen LogP contribution in [0.1, 0.15) is 50.0 Å². The SMILES string of the molecule is O=C(CCCCCNc1ccc(F)c(F)c1)Nc1cccc(C2CCN(C(=O)O)CC2)c1. The van der Waals surface area contributed by atoms with Gasteiger partial charge in [-0.15, -0.1) is 0 Å². The molecule has 1 aliphatic heterocycles. The molecule has 0 atom stereocenters. The highest BCUT2D eigenvalue weighted by molar-refractivity contribution is 5.90. The van der Waals surface area contributed by atoms with Gasteiger partial charge in [-0.1, -0.05) is 18.6 Å². The number of halogens is 2. The van der Waals surface area contributed by atoms with E-state index in [0.29, 0.717) is 37.7 Å². The fourth-order valence-electron chi connectivity index (χ4n) is 3.92. The van der Waals surface area contributed by atoms with Crippen molar-refractivity contribution in [3.8, 4) is 0 Å². The first-order valence-corrected chi connectivity index (χ1v) is 11.0. The predicted octanol–water partition coefficient (Wildman–Crippen LogP) is 5.43. The zero-order chi connectivity index (χ0) is 22.9. The number of benzene rings is 2. The molecular formula is C24H29F2N3O3. The minimum atomic E-state index is -0.874. The number of rotatable bonds is 9. The quantitative estimate of drug-likeness (QED) is 0.450. The van der Waals surface area contributed by atoms with Crippen molar-refractivity contribution in [2.75, 3.05) is 30.3 Å². The first-order valence-electron chi connectivity index (χ1n) is 11.0. The lowest BCUT2D eigenvalue weighted by molar-refractivity contribution is -0.116. The standard InChI is InChI=1S/C24H29F2N3O3/c25-21-9-8-19(16-22(21)26)27-12-3-1-2-7-23(30)28-20-6-4-5-18(15-20)17-10-13-29(14-11-17)24(31)32/h4-6,8-9,15-17,27H,1-3,7,10-14H2,(H,28,30)(H,31,32). The molecule has 2 aromatic rings. The van der Waals surface area contributed by atoms with Gasteiger partial charge in [0.05, 0.1) is 0 Å². The lowest BCUT2D eigenvalue weighted by Gasteiger charge is -2.30. The largest absolute Gasteiger partial charge is 0.465 e. The molecule has 0 bridgehead atoms. The predicted molar refractivity (Wildman–Crippen MR) is 120 cm³/mol. The van der Waals surface area contributed by atoms with E-state index >= 15 is 0 Å². The molecule has 6 nitrogen and oxygen atoms in total. The Balaban J connectivity index is 1.35. The second kappa shape index (κ2) is 11.5. The Morgan fingerprint density at radius 3 is 2.47 bits per heavy atom. The van der Waals surface area contributed by atoms with Crippen LogP contribution in [-0.2, 0) is 4.79 Å². The summed E-state index contributed by atoms with van der Waals surface area (Å²) in [7, 11) is 0. The van der Waals surface area contributed by atoms with Gasteiger partial charge in [0.25, 0.3) is 0 Å². The Hall–Kier alpha value is -3.16. The molecule has 1 aliphatic rings. The zero-order valence-corrected chi connectivity index (χ0v) is 17.9. The molecule has 0 saturated carbocycles. The molecule has 0 aliphatic carbocycles. The van der Waals surface area contributed by atoms with Gasteiger partial charge in [-0.2, -0.15) is 0 Å². The van der Waals surface area contributed by atoms with Crippen LogP contribution in [0.3, 0.4) is 0 Å². The third-order valence-electron chi connectivity index (χ3n) is 5.74. The number of carbonyl (C=O) groups is 2. The van der Waals surface area contributed by atoms with Crippen LogP contribution in [0.25, 0.3) is 0 Å². The maximum atomic E-state index is 13.2. The van der Waals surface area contributed by atoms with Crippen LogP contribution in [0.4, 0.5) is 25.0 Å². The summed E-state index contributed by atoms with van der Waals surface area (Å²) in [5, 5.41) is 15.1. The van der Waals surface area contributed by atoms with Crippen molar-refractivity contribution >= 4 is 23.4 Å². The highest BCUT2D eigenvalue weighted by Gasteiger charge is 2.23. The lowest BCUT2D eigenvalue weighted by atomic mass is 9.89. The maximum Gasteiger partial charge on any atom is 0.407 e. The number of hydrogen-bond donors (Lipinski definition) is 3. The Morgan fingerprint density at radius 1 is 0.969 bits per heavy atom. The Kier molecular flexibility index (Phi) is 8.41. The summed E-state index contributed by atoms with van der Waals surface area (Å²) in [4.78, 5) is 24.8. The molecule has 0 unspecified atom stereocenters. The second-order valence-corrected chi connectivity index (χ2v) is 8.08. The number of likely N-dealkylation sites (tertiary alicyclic amines) is 1. The summed E-state index contributed by atoms with van der Waals surface area (Å²) in [6.45, 7) is 1.68. The van der Waals surface area contributed by atoms with Crippen molar-refractivity contribution in [1.29, 1.82) is 0 Å². The van der Waals surface area contributed by atoms with Gasteiger partial charge in [-0.05, 0) is 67.5 Å². The van der Waals surface area contributed by atoms with Gasteiger partial charge in [-0.25, -0.2) is 13.6 Å². The fraction of sp³-hybridized carbons (Fsp3) is 0.417. The van der Waals surface area contributed by atoms with Crippen molar-refractivity contribution < 1.29 is 23.5 Å². The number of nitrogens with one attached hydrogen (secondary N) is 2. The van der Waals surface area contributed by atoms with E-state index in [1.807, 2.05) is 24.3 Å². The van der Waals surface area contributed by atoms with Crippen LogP contribution in [0.2, 0.25) is 0 Å². The average Bonchev–Trinajstić information content (AvgIpc) is 2.78. The molecule has 3 rings (SSSR count). The third kappa shape index (κ3) is 6.93. The van der Waals surface area contributed by atoms with E-state index in [9.17, 15) is 18.4 Å². The number of hydrogen-bond acceptors (Lipinski definition) is 3. The molecular weight excluding hydrogens is 416 g/mol. The van der Waals surface area contributed by atoms with Crippen LogP contribution >= 0.6 is 0 Å². The van der Waals surface area contributed by atoms with Crippen molar-refractivity contribution in [3.05, 3.63) is 59.7 Å². The third-order valence-corrected chi connectivity index (χ3v) is 5.74. The van der Waals surface area contributed by atoms with Gasteiger partial charge in [0.2, 0.25) is 5.91 Å². The van der Waals surface area contributed by atoms with Crippen molar-refractivity contribution in [3.63, 3.8) is 0 Å². The minimum Gasteiger partial charge on any atom is -0.465 e. The number of piperidine rings is 1. The number of anilines is 2. The van der Waals surface area contributed by atoms with Crippen LogP contribution in [-0.4, -0.2) is 41.6 Å². The Bertz CT molecular complexity index is 930. The fourth-order valence-corrected chi connectivity index (χ4v) is 3.92. The summed E-state index contributed by atoms with van der Waals surface area (Å²) >= 11 is 0. The Morgan fingerprint density at radius 2 is 1.75 bits per heavy atom. The van der Waals surface area contributed by atoms with Crippen LogP contribution < -0.4 is 10.6 Å². The minimum absolute atomic E-state index is 0.0450. The first kappa shape index (κ1) is 23.5. The molecule has 2 aromatic carbocycles. The molecule has 1 fully saturated rings. The highest BCUT2D eigenvalue weighted by Crippen LogP contribution is 2.29. The zero-order valence-electron chi connectivity index (χ0n) is 17.9. The molecule has 0 spiro atoms. The summed E-state index contributed by atoms with van der Waals surface area (Å²) in [5.41, 5.74) is 2.42. The van der Waals surface area contributed by atoms with Gasteiger partial charge in [0.1, 0.15) is 0 Å². The summed E-state index contributed by atoms with van der Waals surface area (Å²) in [6, 6.07) is 11.5. The Labute approximate surface area is 186 Å². The number of amides is 2. The molecule has 0 radical (unpaired) electrons. The summed E-state index contributed by atoms with van der Waals surface area (Å²) < 4.78 is 26.1. The summed E-state index contributed by atoms with van der Waals surface area (Å²) in [6.07, 6.45) is 3.49. The van der Waals surface area contributed by atoms with E-state index in [4.69, 9.17) is 5.11 Å². The molecule has 1 heterocycles. The maximum absolute atomic E-state index is 13.2. The van der Waals surface area contributed by atoms with E-state index < -0.39 is 17.7 Å². The van der Waals surface area contributed by atoms with Crippen LogP contribution in [0, 0.1) is 11.6 Å². The molecule has 0 aromatic heterocycles. The van der Waals surface area contributed by atoms with E-state index in [-0.39, 0.29) is 5.91 Å². The summed E-state index contributed by atoms with van der Waals surface area (Å²) in [5.74, 6) is -1.49. The van der Waals surface area contributed by atoms with Gasteiger partial charge in [0, 0.05) is 37.4 Å². The molecule has 32 heavy (non-hydrogen) atoms. The lowest BCUT2D eigenvalue weighted by Crippen LogP contribution is -2.36. The monoisotopic (exact) mass is 445 g/mol. The normalized spacial score (nSPS) is 14.2. The van der Waals surface area contributed by atoms with Gasteiger partial charge >= 0.3 is 6.09 Å². The number of carbonyl (C=O) groups excluding carboxylic acids is 1. The van der Waals surface area contributed by atoms with Crippen molar-refractivity contribution in [1.82, 2.24) is 4.90 Å². The van der Waals surface area contributed by atoms with Crippen molar-refractivity contribution in [2.45, 2.75) is 44.4 Å². The average molecular weight is 446 g/mol. The van der Waals surface area contributed by atoms with Gasteiger partial charge in [-0.3, -0.25) is 4.79 Å². The second-order valence-electron chi connectivity index (χ2n) is 8.08. The molecule has 172 valence electrons. The number of nitrogens with zero attached hydrogens (tertiary/aromatic N) is 1.